The number of rotatable bonds is 5. The summed E-state index contributed by atoms with van der Waals surface area (Å²) >= 11 is 10.9. The SMILES string of the molecule is O=C(Cl)CCCNC(=O)c1ccc(Cl)cc1. The van der Waals surface area contributed by atoms with Crippen LogP contribution in [0.4, 0.5) is 0 Å². The second-order valence-electron chi connectivity index (χ2n) is 3.22. The average Bonchev–Trinajstić information content (AvgIpc) is 2.25. The number of hydrogen-bond acceptors (Lipinski definition) is 2. The lowest BCUT2D eigenvalue weighted by atomic mass is 10.2. The summed E-state index contributed by atoms with van der Waals surface area (Å²) in [4.78, 5) is 22.0. The average molecular weight is 260 g/mol. The maximum Gasteiger partial charge on any atom is 0.251 e. The lowest BCUT2D eigenvalue weighted by molar-refractivity contribution is -0.111. The van der Waals surface area contributed by atoms with Crippen LogP contribution < -0.4 is 5.32 Å². The van der Waals surface area contributed by atoms with E-state index in [1.807, 2.05) is 0 Å². The van der Waals surface area contributed by atoms with E-state index in [0.29, 0.717) is 23.6 Å². The number of amides is 1. The number of carbonyl (C=O) groups is 2. The van der Waals surface area contributed by atoms with Gasteiger partial charge in [-0.25, -0.2) is 0 Å². The molecule has 1 aromatic rings. The highest BCUT2D eigenvalue weighted by Crippen LogP contribution is 2.09. The first-order chi connectivity index (χ1) is 7.59. The molecule has 1 rings (SSSR count). The van der Waals surface area contributed by atoms with E-state index >= 15 is 0 Å². The van der Waals surface area contributed by atoms with Crippen molar-refractivity contribution in [3.8, 4) is 0 Å². The summed E-state index contributed by atoms with van der Waals surface area (Å²) in [6.07, 6.45) is 0.810. The molecule has 0 atom stereocenters. The Labute approximate surface area is 104 Å². The summed E-state index contributed by atoms with van der Waals surface area (Å²) in [7, 11) is 0. The zero-order chi connectivity index (χ0) is 12.0. The van der Waals surface area contributed by atoms with Crippen molar-refractivity contribution in [3.05, 3.63) is 34.9 Å². The van der Waals surface area contributed by atoms with E-state index in [4.69, 9.17) is 23.2 Å². The number of hydrogen-bond donors (Lipinski definition) is 1. The third-order valence-corrected chi connectivity index (χ3v) is 2.38. The fourth-order valence-corrected chi connectivity index (χ4v) is 1.39. The lowest BCUT2D eigenvalue weighted by Gasteiger charge is -2.03. The summed E-state index contributed by atoms with van der Waals surface area (Å²) in [5.41, 5.74) is 0.543. The third-order valence-electron chi connectivity index (χ3n) is 1.94. The van der Waals surface area contributed by atoms with Gasteiger partial charge in [-0.3, -0.25) is 9.59 Å². The standard InChI is InChI=1S/C11H11Cl2NO2/c12-9-5-3-8(4-6-9)11(16)14-7-1-2-10(13)15/h3-6H,1-2,7H2,(H,14,16). The maximum atomic E-state index is 11.5. The van der Waals surface area contributed by atoms with Crippen LogP contribution in [0.1, 0.15) is 23.2 Å². The van der Waals surface area contributed by atoms with Crippen LogP contribution in [0.15, 0.2) is 24.3 Å². The summed E-state index contributed by atoms with van der Waals surface area (Å²) in [5, 5.41) is 2.88. The normalized spacial score (nSPS) is 9.88. The molecule has 0 saturated heterocycles. The van der Waals surface area contributed by atoms with Gasteiger partial charge in [-0.15, -0.1) is 0 Å². The van der Waals surface area contributed by atoms with Gasteiger partial charge in [0.2, 0.25) is 5.24 Å². The minimum absolute atomic E-state index is 0.182. The van der Waals surface area contributed by atoms with Crippen molar-refractivity contribution in [2.24, 2.45) is 0 Å². The molecule has 0 heterocycles. The summed E-state index contributed by atoms with van der Waals surface area (Å²) < 4.78 is 0. The number of carbonyl (C=O) groups excluding carboxylic acids is 2. The van der Waals surface area contributed by atoms with Crippen LogP contribution in [0.3, 0.4) is 0 Å². The van der Waals surface area contributed by atoms with Gasteiger partial charge in [-0.05, 0) is 42.3 Å². The molecule has 0 saturated carbocycles. The van der Waals surface area contributed by atoms with Crippen LogP contribution in [0.25, 0.3) is 0 Å². The molecule has 1 N–H and O–H groups in total. The molecular weight excluding hydrogens is 249 g/mol. The fraction of sp³-hybridized carbons (Fsp3) is 0.273. The van der Waals surface area contributed by atoms with Gasteiger partial charge < -0.3 is 5.32 Å². The Morgan fingerprint density at radius 2 is 1.81 bits per heavy atom. The molecule has 1 aromatic carbocycles. The topological polar surface area (TPSA) is 46.2 Å². The van der Waals surface area contributed by atoms with Gasteiger partial charge in [0, 0.05) is 23.6 Å². The van der Waals surface area contributed by atoms with E-state index in [1.165, 1.54) is 0 Å². The number of halogens is 2. The minimum Gasteiger partial charge on any atom is -0.352 e. The largest absolute Gasteiger partial charge is 0.352 e. The lowest BCUT2D eigenvalue weighted by Crippen LogP contribution is -2.24. The Hall–Kier alpha value is -1.06. The fourth-order valence-electron chi connectivity index (χ4n) is 1.13. The molecule has 0 spiro atoms. The highest BCUT2D eigenvalue weighted by molar-refractivity contribution is 6.63. The Bertz CT molecular complexity index is 376. The molecule has 0 aliphatic rings. The molecule has 0 aromatic heterocycles. The highest BCUT2D eigenvalue weighted by atomic mass is 35.5. The van der Waals surface area contributed by atoms with Crippen LogP contribution in [0.2, 0.25) is 5.02 Å². The van der Waals surface area contributed by atoms with E-state index in [1.54, 1.807) is 24.3 Å². The number of nitrogens with one attached hydrogen (secondary N) is 1. The Morgan fingerprint density at radius 1 is 1.19 bits per heavy atom. The second kappa shape index (κ2) is 6.51. The van der Waals surface area contributed by atoms with Crippen molar-refractivity contribution in [1.29, 1.82) is 0 Å². The molecule has 0 aliphatic carbocycles. The molecule has 0 fully saturated rings. The molecule has 3 nitrogen and oxygen atoms in total. The van der Waals surface area contributed by atoms with Gasteiger partial charge in [-0.1, -0.05) is 11.6 Å². The van der Waals surface area contributed by atoms with Crippen molar-refractivity contribution in [1.82, 2.24) is 5.32 Å². The smallest absolute Gasteiger partial charge is 0.251 e. The zero-order valence-electron chi connectivity index (χ0n) is 8.50. The van der Waals surface area contributed by atoms with Crippen molar-refractivity contribution in [2.45, 2.75) is 12.8 Å². The molecule has 1 amide bonds. The summed E-state index contributed by atoms with van der Waals surface area (Å²) in [6.45, 7) is 0.430. The first-order valence-corrected chi connectivity index (χ1v) is 5.57. The maximum absolute atomic E-state index is 11.5. The Balaban J connectivity index is 2.35. The van der Waals surface area contributed by atoms with Gasteiger partial charge in [0.15, 0.2) is 0 Å². The van der Waals surface area contributed by atoms with E-state index in [-0.39, 0.29) is 17.6 Å². The molecule has 86 valence electrons. The molecule has 0 radical (unpaired) electrons. The van der Waals surface area contributed by atoms with Gasteiger partial charge in [-0.2, -0.15) is 0 Å². The van der Waals surface area contributed by atoms with Crippen molar-refractivity contribution < 1.29 is 9.59 Å². The summed E-state index contributed by atoms with van der Waals surface area (Å²) in [6, 6.07) is 6.59. The molecule has 5 heteroatoms. The van der Waals surface area contributed by atoms with Gasteiger partial charge in [0.25, 0.3) is 5.91 Å². The van der Waals surface area contributed by atoms with Gasteiger partial charge in [0.05, 0.1) is 0 Å². The van der Waals surface area contributed by atoms with Gasteiger partial charge in [0.1, 0.15) is 0 Å². The quantitative estimate of drug-likeness (QED) is 0.653. The predicted octanol–water partition coefficient (Wildman–Crippen LogP) is 2.62. The molecule has 0 unspecified atom stereocenters. The van der Waals surface area contributed by atoms with Crippen LogP contribution >= 0.6 is 23.2 Å². The van der Waals surface area contributed by atoms with Crippen LogP contribution in [-0.4, -0.2) is 17.7 Å². The monoisotopic (exact) mass is 259 g/mol. The second-order valence-corrected chi connectivity index (χ2v) is 4.08. The Morgan fingerprint density at radius 3 is 2.38 bits per heavy atom. The van der Waals surface area contributed by atoms with Crippen LogP contribution in [0, 0.1) is 0 Å². The molecule has 0 aliphatic heterocycles. The van der Waals surface area contributed by atoms with Crippen molar-refractivity contribution >= 4 is 34.4 Å². The van der Waals surface area contributed by atoms with Crippen molar-refractivity contribution in [3.63, 3.8) is 0 Å². The van der Waals surface area contributed by atoms with Gasteiger partial charge >= 0.3 is 0 Å². The molecule has 16 heavy (non-hydrogen) atoms. The first-order valence-electron chi connectivity index (χ1n) is 4.81. The van der Waals surface area contributed by atoms with Crippen molar-refractivity contribution in [2.75, 3.05) is 6.54 Å². The Kier molecular flexibility index (Phi) is 5.29. The van der Waals surface area contributed by atoms with Crippen LogP contribution in [0.5, 0.6) is 0 Å². The predicted molar refractivity (Wildman–Crippen MR) is 63.9 cm³/mol. The number of benzene rings is 1. The molecular formula is C11H11Cl2NO2. The van der Waals surface area contributed by atoms with Crippen LogP contribution in [-0.2, 0) is 4.79 Å². The van der Waals surface area contributed by atoms with E-state index in [2.05, 4.69) is 5.32 Å². The highest BCUT2D eigenvalue weighted by Gasteiger charge is 2.04. The molecule has 0 bridgehead atoms. The summed E-state index contributed by atoms with van der Waals surface area (Å²) in [5.74, 6) is -0.182. The third kappa shape index (κ3) is 4.64. The minimum atomic E-state index is -0.388. The van der Waals surface area contributed by atoms with E-state index in [9.17, 15) is 9.59 Å². The van der Waals surface area contributed by atoms with E-state index in [0.717, 1.165) is 0 Å². The van der Waals surface area contributed by atoms with E-state index < -0.39 is 0 Å². The zero-order valence-corrected chi connectivity index (χ0v) is 10.0. The first kappa shape index (κ1) is 13.0.